The Morgan fingerprint density at radius 1 is 1.21 bits per heavy atom. The van der Waals surface area contributed by atoms with Crippen LogP contribution in [0.5, 0.6) is 11.5 Å². The number of halogens is 6. The van der Waals surface area contributed by atoms with Gasteiger partial charge in [-0.25, -0.2) is 18.6 Å². The first-order valence-electron chi connectivity index (χ1n) is 10.8. The molecule has 17 heteroatoms. The van der Waals surface area contributed by atoms with E-state index < -0.39 is 65.7 Å². The number of aromatic amines is 2. The summed E-state index contributed by atoms with van der Waals surface area (Å²) in [7, 11) is 0. The van der Waals surface area contributed by atoms with Crippen molar-refractivity contribution in [2.45, 2.75) is 18.4 Å². The summed E-state index contributed by atoms with van der Waals surface area (Å²) in [6, 6.07) is 5.33. The van der Waals surface area contributed by atoms with Crippen LogP contribution in [0.3, 0.4) is 0 Å². The van der Waals surface area contributed by atoms with Crippen LogP contribution in [-0.2, 0) is 0 Å². The average Bonchev–Trinajstić information content (AvgIpc) is 3.36. The Bertz CT molecular complexity index is 1740. The molecule has 39 heavy (non-hydrogen) atoms. The second-order valence-corrected chi connectivity index (χ2v) is 8.28. The molecule has 0 spiro atoms. The van der Waals surface area contributed by atoms with Gasteiger partial charge in [-0.2, -0.15) is 19.3 Å². The van der Waals surface area contributed by atoms with E-state index in [0.717, 1.165) is 29.4 Å². The number of H-pyrrole nitrogens is 2. The van der Waals surface area contributed by atoms with E-state index in [4.69, 9.17) is 10.00 Å². The molecule has 4 aromatic rings. The summed E-state index contributed by atoms with van der Waals surface area (Å²) in [6.45, 7) is -1.52. The van der Waals surface area contributed by atoms with Gasteiger partial charge in [-0.1, -0.05) is 0 Å². The molecule has 1 atom stereocenters. The highest BCUT2D eigenvalue weighted by atomic mass is 19.4. The molecule has 11 nitrogen and oxygen atoms in total. The van der Waals surface area contributed by atoms with Crippen LogP contribution in [0, 0.1) is 17.3 Å². The number of fused-ring (bicyclic) bond motifs is 1. The lowest BCUT2D eigenvalue weighted by atomic mass is 10.2. The van der Waals surface area contributed by atoms with E-state index in [1.165, 1.54) is 12.1 Å². The molecule has 3 aromatic heterocycles. The van der Waals surface area contributed by atoms with Gasteiger partial charge in [0, 0.05) is 12.3 Å². The number of ether oxygens (including phenoxy) is 2. The van der Waals surface area contributed by atoms with Gasteiger partial charge in [0.1, 0.15) is 17.5 Å². The summed E-state index contributed by atoms with van der Waals surface area (Å²) in [5.41, 5.74) is -2.80. The van der Waals surface area contributed by atoms with Crippen molar-refractivity contribution >= 4 is 11.3 Å². The number of rotatable bonds is 5. The van der Waals surface area contributed by atoms with Gasteiger partial charge in [-0.15, -0.1) is 13.2 Å². The minimum atomic E-state index is -5.14. The Kier molecular flexibility index (Phi) is 5.96. The Labute approximate surface area is 211 Å². The highest BCUT2D eigenvalue weighted by Gasteiger charge is 2.51. The fourth-order valence-electron chi connectivity index (χ4n) is 3.99. The summed E-state index contributed by atoms with van der Waals surface area (Å²) in [6.07, 6.45) is -5.25. The number of nitrogens with zero attached hydrogens (tertiary/aromatic N) is 5. The Morgan fingerprint density at radius 2 is 1.97 bits per heavy atom. The number of hydrogen-bond donors (Lipinski definition) is 2. The SMILES string of the molecule is N#Cc1ccc(O[C@H]2CN(c3cc(-c4c[nH]c(=O)[nH]c4=O)nn4c(F)cnc34)CC2(F)F)cc1OC(F)(F)F. The molecule has 202 valence electrons. The van der Waals surface area contributed by atoms with Crippen LogP contribution in [0.1, 0.15) is 5.56 Å². The number of aromatic nitrogens is 5. The first kappa shape index (κ1) is 25.6. The standard InChI is InChI=1S/C22H13F6N7O4/c23-17-7-30-18-14(4-13(33-35(17)18)12-6-31-20(37)32-19(12)36)34-8-16(21(24,25)9-34)38-11-2-1-10(5-29)15(3-11)39-22(26,27)28/h1-4,6-7,16H,8-9H2,(H2,31,32,36,37)/t16-/m0/s1. The first-order valence-corrected chi connectivity index (χ1v) is 10.8. The van der Waals surface area contributed by atoms with Crippen molar-refractivity contribution in [3.63, 3.8) is 0 Å². The van der Waals surface area contributed by atoms with E-state index in [2.05, 4.69) is 19.8 Å². The van der Waals surface area contributed by atoms with Crippen molar-refractivity contribution < 1.29 is 35.8 Å². The average molecular weight is 553 g/mol. The van der Waals surface area contributed by atoms with E-state index in [1.807, 2.05) is 4.98 Å². The van der Waals surface area contributed by atoms with Crippen molar-refractivity contribution in [3.05, 3.63) is 69.0 Å². The van der Waals surface area contributed by atoms with E-state index in [0.29, 0.717) is 10.6 Å². The van der Waals surface area contributed by atoms with Crippen molar-refractivity contribution in [2.75, 3.05) is 18.0 Å². The third-order valence-electron chi connectivity index (χ3n) is 5.68. The molecule has 0 bridgehead atoms. The third kappa shape index (κ3) is 4.95. The van der Waals surface area contributed by atoms with Crippen molar-refractivity contribution in [1.82, 2.24) is 24.6 Å². The highest BCUT2D eigenvalue weighted by molar-refractivity contribution is 5.75. The molecule has 1 aliphatic heterocycles. The van der Waals surface area contributed by atoms with Crippen molar-refractivity contribution in [3.8, 4) is 28.8 Å². The molecule has 5 rings (SSSR count). The van der Waals surface area contributed by atoms with E-state index in [1.54, 1.807) is 0 Å². The maximum Gasteiger partial charge on any atom is 0.573 e. The zero-order valence-electron chi connectivity index (χ0n) is 19.1. The largest absolute Gasteiger partial charge is 0.573 e. The quantitative estimate of drug-likeness (QED) is 0.360. The van der Waals surface area contributed by atoms with Crippen LogP contribution in [0.4, 0.5) is 32.0 Å². The topological polar surface area (TPSA) is 141 Å². The smallest absolute Gasteiger partial charge is 0.482 e. The Morgan fingerprint density at radius 3 is 2.67 bits per heavy atom. The lowest BCUT2D eigenvalue weighted by Crippen LogP contribution is -2.36. The van der Waals surface area contributed by atoms with E-state index >= 15 is 8.78 Å². The number of nitrogens with one attached hydrogen (secondary N) is 2. The van der Waals surface area contributed by atoms with E-state index in [9.17, 15) is 27.2 Å². The zero-order valence-corrected chi connectivity index (χ0v) is 19.1. The van der Waals surface area contributed by atoms with Crippen molar-refractivity contribution in [1.29, 1.82) is 5.26 Å². The summed E-state index contributed by atoms with van der Waals surface area (Å²) in [5, 5.41) is 13.0. The predicted molar refractivity (Wildman–Crippen MR) is 119 cm³/mol. The predicted octanol–water partition coefficient (Wildman–Crippen LogP) is 2.59. The first-order chi connectivity index (χ1) is 18.3. The number of anilines is 1. The molecular weight excluding hydrogens is 540 g/mol. The summed E-state index contributed by atoms with van der Waals surface area (Å²) >= 11 is 0. The fraction of sp³-hybridized carbons (Fsp3) is 0.227. The highest BCUT2D eigenvalue weighted by Crippen LogP contribution is 2.38. The van der Waals surface area contributed by atoms with Gasteiger partial charge in [-0.05, 0) is 18.2 Å². The summed E-state index contributed by atoms with van der Waals surface area (Å²) in [5.74, 6) is -5.89. The molecule has 1 aliphatic rings. The molecule has 1 saturated heterocycles. The third-order valence-corrected chi connectivity index (χ3v) is 5.68. The lowest BCUT2D eigenvalue weighted by Gasteiger charge is -2.20. The van der Waals surface area contributed by atoms with Gasteiger partial charge in [-0.3, -0.25) is 9.78 Å². The number of alkyl halides is 5. The van der Waals surface area contributed by atoms with Crippen LogP contribution >= 0.6 is 0 Å². The maximum absolute atomic E-state index is 15.0. The lowest BCUT2D eigenvalue weighted by molar-refractivity contribution is -0.274. The monoisotopic (exact) mass is 553 g/mol. The zero-order chi connectivity index (χ0) is 28.1. The maximum atomic E-state index is 15.0. The minimum Gasteiger partial charge on any atom is -0.482 e. The van der Waals surface area contributed by atoms with Crippen LogP contribution in [0.15, 0.2) is 46.2 Å². The van der Waals surface area contributed by atoms with Gasteiger partial charge in [0.05, 0.1) is 36.1 Å². The second-order valence-electron chi connectivity index (χ2n) is 8.28. The number of imidazole rings is 1. The normalized spacial score (nSPS) is 16.8. The van der Waals surface area contributed by atoms with Crippen LogP contribution in [-0.4, -0.2) is 56.0 Å². The van der Waals surface area contributed by atoms with Gasteiger partial charge in [0.2, 0.25) is 5.95 Å². The van der Waals surface area contributed by atoms with Crippen LogP contribution in [0.2, 0.25) is 0 Å². The molecule has 4 heterocycles. The second kappa shape index (κ2) is 9.08. The molecule has 0 unspecified atom stereocenters. The molecule has 0 saturated carbocycles. The molecule has 0 aliphatic carbocycles. The Balaban J connectivity index is 1.50. The molecule has 0 amide bonds. The van der Waals surface area contributed by atoms with Gasteiger partial charge in [0.25, 0.3) is 5.56 Å². The molecular formula is C22H13F6N7O4. The van der Waals surface area contributed by atoms with Crippen molar-refractivity contribution in [2.24, 2.45) is 0 Å². The summed E-state index contributed by atoms with van der Waals surface area (Å²) in [4.78, 5) is 32.8. The molecule has 1 fully saturated rings. The van der Waals surface area contributed by atoms with Crippen LogP contribution < -0.4 is 25.6 Å². The number of nitriles is 1. The molecule has 1 aromatic carbocycles. The summed E-state index contributed by atoms with van der Waals surface area (Å²) < 4.78 is 92.4. The molecule has 2 N–H and O–H groups in total. The minimum absolute atomic E-state index is 0.0683. The van der Waals surface area contributed by atoms with E-state index in [-0.39, 0.29) is 22.6 Å². The van der Waals surface area contributed by atoms with Crippen LogP contribution in [0.25, 0.3) is 16.9 Å². The molecule has 0 radical (unpaired) electrons. The number of hydrogen-bond acceptors (Lipinski definition) is 8. The van der Waals surface area contributed by atoms with Gasteiger partial charge >= 0.3 is 18.0 Å². The number of benzene rings is 1. The van der Waals surface area contributed by atoms with Gasteiger partial charge < -0.3 is 19.4 Å². The van der Waals surface area contributed by atoms with Gasteiger partial charge in [0.15, 0.2) is 17.5 Å². The Hall–Kier alpha value is -5.01. The fourth-order valence-corrected chi connectivity index (χ4v) is 3.99.